The van der Waals surface area contributed by atoms with Gasteiger partial charge in [0.2, 0.25) is 11.8 Å². The molecule has 0 saturated carbocycles. The highest BCUT2D eigenvalue weighted by Crippen LogP contribution is 2.17. The van der Waals surface area contributed by atoms with Crippen molar-refractivity contribution in [2.45, 2.75) is 19.8 Å². The van der Waals surface area contributed by atoms with Gasteiger partial charge in [-0.15, -0.1) is 0 Å². The van der Waals surface area contributed by atoms with Gasteiger partial charge >= 0.3 is 0 Å². The molecule has 116 valence electrons. The Balaban J connectivity index is 2.64. The molecule has 7 heteroatoms. The summed E-state index contributed by atoms with van der Waals surface area (Å²) in [6, 6.07) is 3.94. The Kier molecular flexibility index (Phi) is 6.61. The molecule has 0 heterocycles. The van der Waals surface area contributed by atoms with Crippen molar-refractivity contribution in [1.82, 2.24) is 4.90 Å². The van der Waals surface area contributed by atoms with Crippen LogP contribution in [0.2, 0.25) is 0 Å². The molecule has 0 atom stereocenters. The van der Waals surface area contributed by atoms with Crippen molar-refractivity contribution < 1.29 is 14.0 Å². The summed E-state index contributed by atoms with van der Waals surface area (Å²) in [6.07, 6.45) is 1.77. The van der Waals surface area contributed by atoms with Crippen LogP contribution in [0.3, 0.4) is 0 Å². The van der Waals surface area contributed by atoms with Crippen molar-refractivity contribution >= 4 is 23.2 Å². The summed E-state index contributed by atoms with van der Waals surface area (Å²) >= 11 is 0. The van der Waals surface area contributed by atoms with Gasteiger partial charge in [0.15, 0.2) is 0 Å². The minimum atomic E-state index is -0.562. The number of amides is 2. The molecule has 0 radical (unpaired) electrons. The van der Waals surface area contributed by atoms with E-state index in [9.17, 15) is 14.0 Å². The van der Waals surface area contributed by atoms with E-state index >= 15 is 0 Å². The molecule has 0 bridgehead atoms. The zero-order chi connectivity index (χ0) is 15.8. The number of carbonyl (C=O) groups excluding carboxylic acids is 2. The van der Waals surface area contributed by atoms with Crippen LogP contribution < -0.4 is 16.8 Å². The van der Waals surface area contributed by atoms with E-state index in [0.717, 1.165) is 12.8 Å². The third-order valence-electron chi connectivity index (χ3n) is 2.84. The standard InChI is InChI=1S/C14H21FN4O2/c1-2-3-6-19(8-13(17)20)9-14(21)18-12-7-10(16)4-5-11(12)15/h4-5,7H,2-3,6,8-9,16H2,1H3,(H2,17,20)(H,18,21). The fraction of sp³-hybridized carbons (Fsp3) is 0.429. The Labute approximate surface area is 123 Å². The van der Waals surface area contributed by atoms with Crippen LogP contribution in [-0.2, 0) is 9.59 Å². The van der Waals surface area contributed by atoms with Crippen LogP contribution in [0, 0.1) is 5.82 Å². The van der Waals surface area contributed by atoms with Gasteiger partial charge in [-0.1, -0.05) is 13.3 Å². The molecule has 0 aromatic heterocycles. The van der Waals surface area contributed by atoms with Crippen molar-refractivity contribution in [1.29, 1.82) is 0 Å². The summed E-state index contributed by atoms with van der Waals surface area (Å²) < 4.78 is 13.5. The van der Waals surface area contributed by atoms with E-state index in [2.05, 4.69) is 5.32 Å². The molecule has 2 amide bonds. The number of benzene rings is 1. The highest BCUT2D eigenvalue weighted by Gasteiger charge is 2.14. The molecule has 1 rings (SSSR count). The number of anilines is 2. The predicted molar refractivity (Wildman–Crippen MR) is 80.0 cm³/mol. The number of halogens is 1. The van der Waals surface area contributed by atoms with Crippen molar-refractivity contribution in [2.75, 3.05) is 30.7 Å². The van der Waals surface area contributed by atoms with E-state index in [4.69, 9.17) is 11.5 Å². The summed E-state index contributed by atoms with van der Waals surface area (Å²) in [5, 5.41) is 2.44. The molecular weight excluding hydrogens is 275 g/mol. The van der Waals surface area contributed by atoms with Gasteiger partial charge in [-0.3, -0.25) is 14.5 Å². The van der Waals surface area contributed by atoms with Crippen LogP contribution in [0.25, 0.3) is 0 Å². The minimum absolute atomic E-state index is 0.00711. The first-order valence-corrected chi connectivity index (χ1v) is 6.78. The fourth-order valence-corrected chi connectivity index (χ4v) is 1.85. The first kappa shape index (κ1) is 16.9. The minimum Gasteiger partial charge on any atom is -0.399 e. The summed E-state index contributed by atoms with van der Waals surface area (Å²) in [6.45, 7) is 2.54. The van der Waals surface area contributed by atoms with E-state index in [1.54, 1.807) is 4.90 Å². The van der Waals surface area contributed by atoms with Crippen LogP contribution in [0.15, 0.2) is 18.2 Å². The maximum atomic E-state index is 13.5. The Hall–Kier alpha value is -2.15. The van der Waals surface area contributed by atoms with Crippen LogP contribution in [0.1, 0.15) is 19.8 Å². The fourth-order valence-electron chi connectivity index (χ4n) is 1.85. The lowest BCUT2D eigenvalue weighted by Crippen LogP contribution is -2.39. The third-order valence-corrected chi connectivity index (χ3v) is 2.84. The molecule has 0 aliphatic carbocycles. The lowest BCUT2D eigenvalue weighted by atomic mass is 10.2. The van der Waals surface area contributed by atoms with Crippen LogP contribution in [0.4, 0.5) is 15.8 Å². The number of nitrogens with two attached hydrogens (primary N) is 2. The highest BCUT2D eigenvalue weighted by atomic mass is 19.1. The van der Waals surface area contributed by atoms with Gasteiger partial charge in [0.1, 0.15) is 5.82 Å². The highest BCUT2D eigenvalue weighted by molar-refractivity contribution is 5.93. The average Bonchev–Trinajstić information content (AvgIpc) is 2.39. The second kappa shape index (κ2) is 8.21. The summed E-state index contributed by atoms with van der Waals surface area (Å²) in [5.41, 5.74) is 11.1. The SMILES string of the molecule is CCCCN(CC(N)=O)CC(=O)Nc1cc(N)ccc1F. The van der Waals surface area contributed by atoms with E-state index < -0.39 is 17.6 Å². The number of primary amides is 1. The average molecular weight is 296 g/mol. The number of hydrogen-bond donors (Lipinski definition) is 3. The quantitative estimate of drug-likeness (QED) is 0.621. The van der Waals surface area contributed by atoms with E-state index in [1.807, 2.05) is 6.92 Å². The Morgan fingerprint density at radius 2 is 2.05 bits per heavy atom. The van der Waals surface area contributed by atoms with Gasteiger partial charge in [-0.25, -0.2) is 4.39 Å². The van der Waals surface area contributed by atoms with Crippen molar-refractivity contribution in [3.05, 3.63) is 24.0 Å². The van der Waals surface area contributed by atoms with E-state index in [-0.39, 0.29) is 18.8 Å². The summed E-state index contributed by atoms with van der Waals surface area (Å²) in [5.74, 6) is -1.49. The lowest BCUT2D eigenvalue weighted by molar-refractivity contribution is -0.121. The van der Waals surface area contributed by atoms with Crippen LogP contribution in [0.5, 0.6) is 0 Å². The van der Waals surface area contributed by atoms with Crippen molar-refractivity contribution in [2.24, 2.45) is 5.73 Å². The molecule has 0 unspecified atom stereocenters. The van der Waals surface area contributed by atoms with Crippen LogP contribution >= 0.6 is 0 Å². The first-order chi connectivity index (χ1) is 9.92. The smallest absolute Gasteiger partial charge is 0.238 e. The van der Waals surface area contributed by atoms with Gasteiger partial charge in [0.25, 0.3) is 0 Å². The monoisotopic (exact) mass is 296 g/mol. The molecule has 1 aromatic rings. The topological polar surface area (TPSA) is 101 Å². The van der Waals surface area contributed by atoms with Crippen molar-refractivity contribution in [3.63, 3.8) is 0 Å². The van der Waals surface area contributed by atoms with E-state index in [0.29, 0.717) is 12.2 Å². The van der Waals surface area contributed by atoms with Gasteiger partial charge in [-0.05, 0) is 31.2 Å². The van der Waals surface area contributed by atoms with Gasteiger partial charge < -0.3 is 16.8 Å². The summed E-state index contributed by atoms with van der Waals surface area (Å²) in [7, 11) is 0. The molecular formula is C14H21FN4O2. The number of hydrogen-bond acceptors (Lipinski definition) is 4. The van der Waals surface area contributed by atoms with E-state index in [1.165, 1.54) is 18.2 Å². The Morgan fingerprint density at radius 3 is 2.67 bits per heavy atom. The van der Waals surface area contributed by atoms with Gasteiger partial charge in [0.05, 0.1) is 18.8 Å². The number of carbonyl (C=O) groups is 2. The molecule has 0 spiro atoms. The Bertz CT molecular complexity index is 508. The molecule has 0 aliphatic rings. The van der Waals surface area contributed by atoms with Crippen molar-refractivity contribution in [3.8, 4) is 0 Å². The predicted octanol–water partition coefficient (Wildman–Crippen LogP) is 0.934. The Morgan fingerprint density at radius 1 is 1.33 bits per heavy atom. The molecule has 5 N–H and O–H groups in total. The maximum Gasteiger partial charge on any atom is 0.238 e. The zero-order valence-electron chi connectivity index (χ0n) is 12.1. The van der Waals surface area contributed by atoms with Crippen LogP contribution in [-0.4, -0.2) is 36.3 Å². The number of nitrogen functional groups attached to an aromatic ring is 1. The van der Waals surface area contributed by atoms with Gasteiger partial charge in [0, 0.05) is 5.69 Å². The summed E-state index contributed by atoms with van der Waals surface area (Å²) in [4.78, 5) is 24.5. The zero-order valence-corrected chi connectivity index (χ0v) is 12.1. The molecule has 0 aliphatic heterocycles. The first-order valence-electron chi connectivity index (χ1n) is 6.78. The number of nitrogens with zero attached hydrogens (tertiary/aromatic N) is 1. The number of nitrogens with one attached hydrogen (secondary N) is 1. The van der Waals surface area contributed by atoms with Gasteiger partial charge in [-0.2, -0.15) is 0 Å². The lowest BCUT2D eigenvalue weighted by Gasteiger charge is -2.19. The molecule has 6 nitrogen and oxygen atoms in total. The second-order valence-corrected chi connectivity index (χ2v) is 4.82. The molecule has 21 heavy (non-hydrogen) atoms. The molecule has 0 saturated heterocycles. The number of rotatable bonds is 8. The third kappa shape index (κ3) is 6.22. The normalized spacial score (nSPS) is 10.6. The molecule has 1 aromatic carbocycles. The maximum absolute atomic E-state index is 13.5. The second-order valence-electron chi connectivity index (χ2n) is 4.82. The number of unbranched alkanes of at least 4 members (excludes halogenated alkanes) is 1. The largest absolute Gasteiger partial charge is 0.399 e. The molecule has 0 fully saturated rings.